The number of ether oxygens (including phenoxy) is 1. The first-order valence-electron chi connectivity index (χ1n) is 13.1. The molecule has 0 amide bonds. The van der Waals surface area contributed by atoms with Crippen molar-refractivity contribution < 1.29 is 4.74 Å². The third-order valence-corrected chi connectivity index (χ3v) is 7.28. The first kappa shape index (κ1) is 23.6. The summed E-state index contributed by atoms with van der Waals surface area (Å²) in [5, 5.41) is 14.3. The Balaban J connectivity index is 1.33. The van der Waals surface area contributed by atoms with Gasteiger partial charge in [0.05, 0.1) is 12.3 Å². The van der Waals surface area contributed by atoms with Crippen molar-refractivity contribution in [1.82, 2.24) is 15.1 Å². The number of piperidine rings is 1. The fraction of sp³-hybridized carbons (Fsp3) is 0.400. The minimum atomic E-state index is 0.466. The predicted molar refractivity (Wildman–Crippen MR) is 145 cm³/mol. The van der Waals surface area contributed by atoms with Gasteiger partial charge in [-0.05, 0) is 73.7 Å². The molecule has 2 heterocycles. The zero-order valence-electron chi connectivity index (χ0n) is 21.2. The van der Waals surface area contributed by atoms with Crippen molar-refractivity contribution in [2.24, 2.45) is 0 Å². The van der Waals surface area contributed by atoms with Gasteiger partial charge >= 0.3 is 0 Å². The Labute approximate surface area is 208 Å². The van der Waals surface area contributed by atoms with Crippen molar-refractivity contribution >= 4 is 27.4 Å². The van der Waals surface area contributed by atoms with Crippen LogP contribution in [0.15, 0.2) is 60.7 Å². The summed E-state index contributed by atoms with van der Waals surface area (Å²) >= 11 is 0. The molecule has 182 valence electrons. The molecule has 0 aliphatic carbocycles. The molecular formula is C30H36N4O. The second-order valence-corrected chi connectivity index (χ2v) is 9.44. The van der Waals surface area contributed by atoms with E-state index in [4.69, 9.17) is 9.84 Å². The molecule has 5 nitrogen and oxygen atoms in total. The first-order chi connectivity index (χ1) is 17.2. The van der Waals surface area contributed by atoms with E-state index in [9.17, 15) is 0 Å². The number of anilines is 1. The van der Waals surface area contributed by atoms with Gasteiger partial charge in [0.1, 0.15) is 5.75 Å². The van der Waals surface area contributed by atoms with Gasteiger partial charge in [0.25, 0.3) is 0 Å². The summed E-state index contributed by atoms with van der Waals surface area (Å²) in [6.45, 7) is 11.2. The molecule has 5 rings (SSSR count). The highest BCUT2D eigenvalue weighted by Gasteiger charge is 2.26. The number of aryl methyl sites for hydroxylation is 1. The van der Waals surface area contributed by atoms with Gasteiger partial charge in [0, 0.05) is 43.0 Å². The van der Waals surface area contributed by atoms with Gasteiger partial charge in [-0.2, -0.15) is 5.10 Å². The van der Waals surface area contributed by atoms with Crippen LogP contribution in [-0.4, -0.2) is 47.4 Å². The van der Waals surface area contributed by atoms with Gasteiger partial charge in [-0.3, -0.25) is 4.90 Å². The van der Waals surface area contributed by atoms with E-state index in [0.29, 0.717) is 12.6 Å². The third-order valence-electron chi connectivity index (χ3n) is 7.28. The lowest BCUT2D eigenvalue weighted by Crippen LogP contribution is -2.45. The SMILES string of the molecule is CCOc1ccc2c(CC)nnc(N(CC)C3CCN(Cc4ccc5ccccc5c4)CC3)c2c1. The maximum atomic E-state index is 5.83. The van der Waals surface area contributed by atoms with Crippen molar-refractivity contribution in [2.45, 2.75) is 52.6 Å². The number of aromatic nitrogens is 2. The van der Waals surface area contributed by atoms with E-state index in [1.165, 1.54) is 21.7 Å². The van der Waals surface area contributed by atoms with Crippen LogP contribution in [0.2, 0.25) is 0 Å². The molecule has 0 unspecified atom stereocenters. The summed E-state index contributed by atoms with van der Waals surface area (Å²) in [6, 6.07) is 22.3. The summed E-state index contributed by atoms with van der Waals surface area (Å²) in [5.41, 5.74) is 2.44. The Morgan fingerprint density at radius 1 is 0.886 bits per heavy atom. The average Bonchev–Trinajstić information content (AvgIpc) is 2.90. The van der Waals surface area contributed by atoms with Gasteiger partial charge in [-0.25, -0.2) is 0 Å². The third kappa shape index (κ3) is 4.96. The lowest BCUT2D eigenvalue weighted by molar-refractivity contribution is 0.201. The highest BCUT2D eigenvalue weighted by atomic mass is 16.5. The van der Waals surface area contributed by atoms with Crippen molar-refractivity contribution in [3.8, 4) is 5.75 Å². The second kappa shape index (κ2) is 10.6. The summed E-state index contributed by atoms with van der Waals surface area (Å²) in [6.07, 6.45) is 3.13. The Morgan fingerprint density at radius 2 is 1.69 bits per heavy atom. The quantitative estimate of drug-likeness (QED) is 0.306. The largest absolute Gasteiger partial charge is 0.494 e. The fourth-order valence-electron chi connectivity index (χ4n) is 5.47. The maximum Gasteiger partial charge on any atom is 0.159 e. The summed E-state index contributed by atoms with van der Waals surface area (Å²) in [4.78, 5) is 5.06. The van der Waals surface area contributed by atoms with Crippen LogP contribution in [0, 0.1) is 0 Å². The van der Waals surface area contributed by atoms with Crippen LogP contribution < -0.4 is 9.64 Å². The second-order valence-electron chi connectivity index (χ2n) is 9.44. The minimum absolute atomic E-state index is 0.466. The molecule has 3 aromatic carbocycles. The fourth-order valence-corrected chi connectivity index (χ4v) is 5.47. The Kier molecular flexibility index (Phi) is 7.14. The number of fused-ring (bicyclic) bond motifs is 2. The maximum absolute atomic E-state index is 5.83. The van der Waals surface area contributed by atoms with E-state index in [-0.39, 0.29) is 0 Å². The van der Waals surface area contributed by atoms with Crippen LogP contribution in [0.25, 0.3) is 21.5 Å². The number of likely N-dealkylation sites (tertiary alicyclic amines) is 1. The van der Waals surface area contributed by atoms with Crippen LogP contribution >= 0.6 is 0 Å². The van der Waals surface area contributed by atoms with Gasteiger partial charge in [-0.15, -0.1) is 5.10 Å². The standard InChI is InChI=1S/C30H36N4O/c1-4-29-27-14-13-26(35-6-3)20-28(27)30(32-31-29)34(5-2)25-15-17-33(18-16-25)21-22-11-12-23-9-7-8-10-24(23)19-22/h7-14,19-20,25H,4-6,15-18,21H2,1-3H3. The van der Waals surface area contributed by atoms with E-state index in [1.54, 1.807) is 0 Å². The predicted octanol–water partition coefficient (Wildman–Crippen LogP) is 6.24. The molecule has 0 radical (unpaired) electrons. The van der Waals surface area contributed by atoms with Crippen molar-refractivity contribution in [2.75, 3.05) is 31.1 Å². The number of hydrogen-bond acceptors (Lipinski definition) is 5. The number of benzene rings is 3. The van der Waals surface area contributed by atoms with Crippen molar-refractivity contribution in [3.63, 3.8) is 0 Å². The number of nitrogens with zero attached hydrogens (tertiary/aromatic N) is 4. The van der Waals surface area contributed by atoms with Crippen LogP contribution in [0.3, 0.4) is 0 Å². The Hall–Kier alpha value is -3.18. The molecule has 1 aromatic heterocycles. The molecule has 4 aromatic rings. The minimum Gasteiger partial charge on any atom is -0.494 e. The molecule has 0 bridgehead atoms. The molecule has 5 heteroatoms. The monoisotopic (exact) mass is 468 g/mol. The highest BCUT2D eigenvalue weighted by molar-refractivity contribution is 5.94. The van der Waals surface area contributed by atoms with Crippen molar-refractivity contribution in [3.05, 3.63) is 71.9 Å². The van der Waals surface area contributed by atoms with Crippen LogP contribution in [0.4, 0.5) is 5.82 Å². The molecule has 35 heavy (non-hydrogen) atoms. The molecule has 0 N–H and O–H groups in total. The van der Waals surface area contributed by atoms with Gasteiger partial charge in [-0.1, -0.05) is 43.3 Å². The van der Waals surface area contributed by atoms with E-state index < -0.39 is 0 Å². The lowest BCUT2D eigenvalue weighted by Gasteiger charge is -2.39. The summed E-state index contributed by atoms with van der Waals surface area (Å²) in [7, 11) is 0. The summed E-state index contributed by atoms with van der Waals surface area (Å²) < 4.78 is 5.83. The lowest BCUT2D eigenvalue weighted by atomic mass is 10.0. The Bertz CT molecular complexity index is 1300. The first-order valence-corrected chi connectivity index (χ1v) is 13.1. The number of hydrogen-bond donors (Lipinski definition) is 0. The molecule has 0 spiro atoms. The molecule has 1 aliphatic rings. The van der Waals surface area contributed by atoms with Gasteiger partial charge in [0.2, 0.25) is 0 Å². The topological polar surface area (TPSA) is 41.5 Å². The normalized spacial score (nSPS) is 15.1. The van der Waals surface area contributed by atoms with E-state index in [0.717, 1.165) is 68.1 Å². The van der Waals surface area contributed by atoms with E-state index >= 15 is 0 Å². The van der Waals surface area contributed by atoms with Crippen molar-refractivity contribution in [1.29, 1.82) is 0 Å². The molecule has 1 aliphatic heterocycles. The molecule has 0 saturated carbocycles. The smallest absolute Gasteiger partial charge is 0.159 e. The molecule has 1 fully saturated rings. The van der Waals surface area contributed by atoms with Gasteiger partial charge < -0.3 is 9.64 Å². The zero-order chi connectivity index (χ0) is 24.2. The molecular weight excluding hydrogens is 432 g/mol. The average molecular weight is 469 g/mol. The zero-order valence-corrected chi connectivity index (χ0v) is 21.2. The van der Waals surface area contributed by atoms with Crippen LogP contribution in [-0.2, 0) is 13.0 Å². The van der Waals surface area contributed by atoms with Crippen LogP contribution in [0.5, 0.6) is 5.75 Å². The number of rotatable bonds is 8. The van der Waals surface area contributed by atoms with E-state index in [2.05, 4.69) is 89.4 Å². The van der Waals surface area contributed by atoms with Gasteiger partial charge in [0.15, 0.2) is 5.82 Å². The van der Waals surface area contributed by atoms with E-state index in [1.807, 2.05) is 6.92 Å². The highest BCUT2D eigenvalue weighted by Crippen LogP contribution is 2.33. The Morgan fingerprint density at radius 3 is 2.43 bits per heavy atom. The molecule has 1 saturated heterocycles. The molecule has 0 atom stereocenters. The summed E-state index contributed by atoms with van der Waals surface area (Å²) in [5.74, 6) is 1.90. The van der Waals surface area contributed by atoms with Crippen LogP contribution in [0.1, 0.15) is 44.9 Å².